The second kappa shape index (κ2) is 6.86. The lowest BCUT2D eigenvalue weighted by molar-refractivity contribution is 0.302. The van der Waals surface area contributed by atoms with Crippen molar-refractivity contribution in [2.45, 2.75) is 39.3 Å². The zero-order valence-electron chi connectivity index (χ0n) is 12.5. The maximum Gasteiger partial charge on any atom is 0.133 e. The second-order valence-electron chi connectivity index (χ2n) is 5.50. The second-order valence-corrected chi connectivity index (χ2v) is 5.50. The number of aryl methyl sites for hydroxylation is 2. The molecule has 1 saturated carbocycles. The summed E-state index contributed by atoms with van der Waals surface area (Å²) < 4.78 is 0. The van der Waals surface area contributed by atoms with Crippen molar-refractivity contribution in [2.24, 2.45) is 0 Å². The fourth-order valence-corrected chi connectivity index (χ4v) is 2.42. The normalized spacial score (nSPS) is 14.3. The van der Waals surface area contributed by atoms with Crippen molar-refractivity contribution < 1.29 is 5.11 Å². The van der Waals surface area contributed by atoms with E-state index in [1.165, 1.54) is 24.0 Å². The van der Waals surface area contributed by atoms with Crippen LogP contribution in [0.15, 0.2) is 18.7 Å². The summed E-state index contributed by atoms with van der Waals surface area (Å²) in [5.41, 5.74) is 3.50. The first-order valence-corrected chi connectivity index (χ1v) is 7.33. The molecule has 1 aliphatic carbocycles. The summed E-state index contributed by atoms with van der Waals surface area (Å²) in [6, 6.07) is 2.80. The Kier molecular flexibility index (Phi) is 5.15. The van der Waals surface area contributed by atoms with Crippen LogP contribution in [0.4, 0.5) is 5.82 Å². The molecule has 0 atom stereocenters. The van der Waals surface area contributed by atoms with Crippen molar-refractivity contribution in [3.63, 3.8) is 0 Å². The predicted molar refractivity (Wildman–Crippen MR) is 83.1 cm³/mol. The number of hydrogen-bond donors (Lipinski definition) is 2. The molecule has 1 fully saturated rings. The van der Waals surface area contributed by atoms with Crippen LogP contribution in [-0.2, 0) is 6.54 Å². The smallest absolute Gasteiger partial charge is 0.133 e. The quantitative estimate of drug-likeness (QED) is 0.712. The zero-order valence-corrected chi connectivity index (χ0v) is 12.5. The maximum absolute atomic E-state index is 9.26. The first-order valence-electron chi connectivity index (χ1n) is 7.33. The fourth-order valence-electron chi connectivity index (χ4n) is 2.42. The molecule has 0 aliphatic heterocycles. The zero-order chi connectivity index (χ0) is 14.5. The number of nitrogens with zero attached hydrogens (tertiary/aromatic N) is 2. The highest BCUT2D eigenvalue weighted by molar-refractivity contribution is 5.52. The molecule has 2 N–H and O–H groups in total. The molecule has 0 amide bonds. The summed E-state index contributed by atoms with van der Waals surface area (Å²) in [5, 5.41) is 12.8. The lowest BCUT2D eigenvalue weighted by Gasteiger charge is -2.25. The van der Waals surface area contributed by atoms with Crippen LogP contribution in [-0.4, -0.2) is 35.8 Å². The van der Waals surface area contributed by atoms with Crippen molar-refractivity contribution in [3.8, 4) is 0 Å². The van der Waals surface area contributed by atoms with Gasteiger partial charge in [-0.1, -0.05) is 6.08 Å². The van der Waals surface area contributed by atoms with Gasteiger partial charge in [0.2, 0.25) is 0 Å². The molecule has 0 saturated heterocycles. The Bertz CT molecular complexity index is 469. The highest BCUT2D eigenvalue weighted by Gasteiger charge is 2.22. The molecule has 2 rings (SSSR count). The third kappa shape index (κ3) is 3.81. The van der Waals surface area contributed by atoms with E-state index in [9.17, 15) is 5.11 Å². The molecule has 4 heteroatoms. The van der Waals surface area contributed by atoms with E-state index in [-0.39, 0.29) is 6.61 Å². The number of rotatable bonds is 8. The minimum atomic E-state index is 0.123. The lowest BCUT2D eigenvalue weighted by Crippen LogP contribution is -2.30. The molecule has 0 aromatic carbocycles. The Morgan fingerprint density at radius 3 is 2.85 bits per heavy atom. The van der Waals surface area contributed by atoms with E-state index >= 15 is 0 Å². The maximum atomic E-state index is 9.26. The summed E-state index contributed by atoms with van der Waals surface area (Å²) in [6.07, 6.45) is 4.41. The number of aliphatic hydroxyl groups is 1. The summed E-state index contributed by atoms with van der Waals surface area (Å²) in [7, 11) is 0. The molecular formula is C16H25N3O. The van der Waals surface area contributed by atoms with Crippen molar-refractivity contribution in [1.29, 1.82) is 0 Å². The van der Waals surface area contributed by atoms with Gasteiger partial charge in [-0.15, -0.1) is 6.58 Å². The van der Waals surface area contributed by atoms with Gasteiger partial charge in [-0.25, -0.2) is 4.98 Å². The number of pyridine rings is 1. The Morgan fingerprint density at radius 2 is 2.25 bits per heavy atom. The van der Waals surface area contributed by atoms with Gasteiger partial charge in [0.15, 0.2) is 0 Å². The molecule has 0 bridgehead atoms. The first kappa shape index (κ1) is 15.0. The average Bonchev–Trinajstić information content (AvgIpc) is 3.21. The van der Waals surface area contributed by atoms with Crippen molar-refractivity contribution in [3.05, 3.63) is 35.5 Å². The number of aliphatic hydroxyl groups excluding tert-OH is 1. The van der Waals surface area contributed by atoms with E-state index in [1.54, 1.807) is 0 Å². The Balaban J connectivity index is 2.27. The van der Waals surface area contributed by atoms with Crippen molar-refractivity contribution in [1.82, 2.24) is 10.3 Å². The Morgan fingerprint density at radius 1 is 1.50 bits per heavy atom. The molecule has 20 heavy (non-hydrogen) atoms. The van der Waals surface area contributed by atoms with Crippen molar-refractivity contribution >= 4 is 5.82 Å². The van der Waals surface area contributed by atoms with Crippen LogP contribution < -0.4 is 10.2 Å². The molecule has 0 spiro atoms. The van der Waals surface area contributed by atoms with Gasteiger partial charge < -0.3 is 15.3 Å². The van der Waals surface area contributed by atoms with Crippen LogP contribution in [0.5, 0.6) is 0 Å². The third-order valence-corrected chi connectivity index (χ3v) is 3.62. The Labute approximate surface area is 121 Å². The molecular weight excluding hydrogens is 250 g/mol. The van der Waals surface area contributed by atoms with E-state index < -0.39 is 0 Å². The van der Waals surface area contributed by atoms with E-state index in [4.69, 9.17) is 4.98 Å². The molecule has 4 nitrogen and oxygen atoms in total. The van der Waals surface area contributed by atoms with Crippen LogP contribution in [0.2, 0.25) is 0 Å². The fraction of sp³-hybridized carbons (Fsp3) is 0.562. The molecule has 0 unspecified atom stereocenters. The molecule has 0 radical (unpaired) electrons. The highest BCUT2D eigenvalue weighted by Crippen LogP contribution is 2.25. The monoisotopic (exact) mass is 275 g/mol. The number of aromatic nitrogens is 1. The Hall–Kier alpha value is -1.39. The number of anilines is 1. The average molecular weight is 275 g/mol. The number of hydrogen-bond acceptors (Lipinski definition) is 4. The van der Waals surface area contributed by atoms with Gasteiger partial charge in [-0.2, -0.15) is 0 Å². The minimum Gasteiger partial charge on any atom is -0.395 e. The predicted octanol–water partition coefficient (Wildman–Crippen LogP) is 1.94. The summed E-state index contributed by atoms with van der Waals surface area (Å²) >= 11 is 0. The van der Waals surface area contributed by atoms with Gasteiger partial charge in [-0.05, 0) is 38.3 Å². The summed E-state index contributed by atoms with van der Waals surface area (Å²) in [5.74, 6) is 0.976. The van der Waals surface area contributed by atoms with Crippen LogP contribution >= 0.6 is 0 Å². The van der Waals surface area contributed by atoms with E-state index in [0.717, 1.165) is 18.1 Å². The SMILES string of the molecule is C=CCN(CCO)c1nc(C)cc(C)c1CNC1CC1. The first-order chi connectivity index (χ1) is 9.65. The molecule has 110 valence electrons. The van der Waals surface area contributed by atoms with Crippen LogP contribution in [0.1, 0.15) is 29.7 Å². The third-order valence-electron chi connectivity index (χ3n) is 3.62. The van der Waals surface area contributed by atoms with E-state index in [2.05, 4.69) is 29.8 Å². The van der Waals surface area contributed by atoms with E-state index in [0.29, 0.717) is 19.1 Å². The van der Waals surface area contributed by atoms with Gasteiger partial charge in [0.25, 0.3) is 0 Å². The largest absolute Gasteiger partial charge is 0.395 e. The lowest BCUT2D eigenvalue weighted by atomic mass is 10.1. The molecule has 1 aromatic rings. The molecule has 1 aromatic heterocycles. The standard InChI is InChI=1S/C16H25N3O/c1-4-7-19(8-9-20)16-15(11-17-14-5-6-14)12(2)10-13(3)18-16/h4,10,14,17,20H,1,5-9,11H2,2-3H3. The molecule has 1 aliphatic rings. The topological polar surface area (TPSA) is 48.4 Å². The van der Waals surface area contributed by atoms with Crippen LogP contribution in [0, 0.1) is 13.8 Å². The molecule has 1 heterocycles. The van der Waals surface area contributed by atoms with Gasteiger partial charge >= 0.3 is 0 Å². The summed E-state index contributed by atoms with van der Waals surface area (Å²) in [4.78, 5) is 6.79. The van der Waals surface area contributed by atoms with E-state index in [1.807, 2.05) is 13.0 Å². The van der Waals surface area contributed by atoms with Gasteiger partial charge in [0.05, 0.1) is 6.61 Å². The summed E-state index contributed by atoms with van der Waals surface area (Å²) in [6.45, 7) is 10.2. The van der Waals surface area contributed by atoms with Crippen LogP contribution in [0.25, 0.3) is 0 Å². The number of nitrogens with one attached hydrogen (secondary N) is 1. The van der Waals surface area contributed by atoms with Gasteiger partial charge in [0.1, 0.15) is 5.82 Å². The highest BCUT2D eigenvalue weighted by atomic mass is 16.3. The van der Waals surface area contributed by atoms with Crippen molar-refractivity contribution in [2.75, 3.05) is 24.6 Å². The minimum absolute atomic E-state index is 0.123. The van der Waals surface area contributed by atoms with Crippen LogP contribution in [0.3, 0.4) is 0 Å². The van der Waals surface area contributed by atoms with Gasteiger partial charge in [0, 0.05) is 36.9 Å². The van der Waals surface area contributed by atoms with Gasteiger partial charge in [-0.3, -0.25) is 0 Å².